The molecule has 0 unspecified atom stereocenters. The van der Waals surface area contributed by atoms with Gasteiger partial charge >= 0.3 is 0 Å². The van der Waals surface area contributed by atoms with Crippen LogP contribution in [0, 0.1) is 11.3 Å². The minimum Gasteiger partial charge on any atom is -0.381 e. The second-order valence-corrected chi connectivity index (χ2v) is 7.05. The van der Waals surface area contributed by atoms with E-state index in [-0.39, 0.29) is 11.8 Å². The van der Waals surface area contributed by atoms with Crippen molar-refractivity contribution in [3.05, 3.63) is 24.3 Å². The zero-order chi connectivity index (χ0) is 17.5. The highest BCUT2D eigenvalue weighted by molar-refractivity contribution is 5.95. The lowest BCUT2D eigenvalue weighted by molar-refractivity contribution is -0.123. The predicted molar refractivity (Wildman–Crippen MR) is 93.4 cm³/mol. The van der Waals surface area contributed by atoms with Crippen molar-refractivity contribution < 1.29 is 14.3 Å². The van der Waals surface area contributed by atoms with Crippen molar-refractivity contribution in [2.24, 2.45) is 11.3 Å². The molecule has 1 rings (SSSR count). The molecule has 1 aromatic rings. The SMILES string of the molecule is CC(C)COCCC(=O)Nc1ccc(NC(=O)C(C)(C)C)cc1. The number of anilines is 2. The van der Waals surface area contributed by atoms with E-state index >= 15 is 0 Å². The zero-order valence-corrected chi connectivity index (χ0v) is 14.7. The molecule has 0 bridgehead atoms. The van der Waals surface area contributed by atoms with E-state index in [1.807, 2.05) is 20.8 Å². The van der Waals surface area contributed by atoms with E-state index in [1.54, 1.807) is 24.3 Å². The summed E-state index contributed by atoms with van der Waals surface area (Å²) in [6.07, 6.45) is 0.329. The van der Waals surface area contributed by atoms with Gasteiger partial charge in [0.2, 0.25) is 11.8 Å². The van der Waals surface area contributed by atoms with E-state index in [2.05, 4.69) is 24.5 Å². The van der Waals surface area contributed by atoms with E-state index < -0.39 is 5.41 Å². The van der Waals surface area contributed by atoms with E-state index in [4.69, 9.17) is 4.74 Å². The number of benzene rings is 1. The van der Waals surface area contributed by atoms with Crippen LogP contribution in [-0.2, 0) is 14.3 Å². The molecule has 5 heteroatoms. The van der Waals surface area contributed by atoms with Crippen LogP contribution in [0.15, 0.2) is 24.3 Å². The van der Waals surface area contributed by atoms with Gasteiger partial charge in [0.25, 0.3) is 0 Å². The smallest absolute Gasteiger partial charge is 0.229 e. The monoisotopic (exact) mass is 320 g/mol. The van der Waals surface area contributed by atoms with Gasteiger partial charge in [-0.3, -0.25) is 9.59 Å². The third-order valence-electron chi connectivity index (χ3n) is 3.03. The minimum atomic E-state index is -0.442. The van der Waals surface area contributed by atoms with E-state index in [9.17, 15) is 9.59 Å². The van der Waals surface area contributed by atoms with Gasteiger partial charge in [0.05, 0.1) is 13.0 Å². The molecule has 23 heavy (non-hydrogen) atoms. The molecule has 2 amide bonds. The highest BCUT2D eigenvalue weighted by Crippen LogP contribution is 2.19. The van der Waals surface area contributed by atoms with Crippen LogP contribution >= 0.6 is 0 Å². The number of amides is 2. The van der Waals surface area contributed by atoms with Gasteiger partial charge in [-0.05, 0) is 30.2 Å². The molecule has 0 aliphatic heterocycles. The van der Waals surface area contributed by atoms with Crippen LogP contribution in [0.2, 0.25) is 0 Å². The average molecular weight is 320 g/mol. The molecular formula is C18H28N2O3. The minimum absolute atomic E-state index is 0.0448. The Morgan fingerprint density at radius 3 is 2.04 bits per heavy atom. The molecule has 0 saturated carbocycles. The summed E-state index contributed by atoms with van der Waals surface area (Å²) in [6, 6.07) is 7.08. The number of carbonyl (C=O) groups is 2. The van der Waals surface area contributed by atoms with Crippen molar-refractivity contribution in [2.45, 2.75) is 41.0 Å². The maximum Gasteiger partial charge on any atom is 0.229 e. The van der Waals surface area contributed by atoms with Crippen molar-refractivity contribution in [1.82, 2.24) is 0 Å². The summed E-state index contributed by atoms with van der Waals surface area (Å²) < 4.78 is 5.39. The fourth-order valence-electron chi connectivity index (χ4n) is 1.66. The van der Waals surface area contributed by atoms with Crippen molar-refractivity contribution in [2.75, 3.05) is 23.8 Å². The molecule has 128 valence electrons. The number of nitrogens with one attached hydrogen (secondary N) is 2. The molecule has 0 radical (unpaired) electrons. The Kier molecular flexibility index (Phi) is 7.23. The van der Waals surface area contributed by atoms with Crippen molar-refractivity contribution in [1.29, 1.82) is 0 Å². The van der Waals surface area contributed by atoms with Gasteiger partial charge in [-0.25, -0.2) is 0 Å². The number of hydrogen-bond acceptors (Lipinski definition) is 3. The van der Waals surface area contributed by atoms with Gasteiger partial charge < -0.3 is 15.4 Å². The normalized spacial score (nSPS) is 11.4. The first-order valence-electron chi connectivity index (χ1n) is 7.97. The Balaban J connectivity index is 2.42. The number of carbonyl (C=O) groups excluding carboxylic acids is 2. The van der Waals surface area contributed by atoms with Gasteiger partial charge in [0.1, 0.15) is 0 Å². The second kappa shape index (κ2) is 8.67. The molecule has 0 aliphatic rings. The average Bonchev–Trinajstić information content (AvgIpc) is 2.44. The highest BCUT2D eigenvalue weighted by Gasteiger charge is 2.20. The van der Waals surface area contributed by atoms with Crippen LogP contribution in [0.1, 0.15) is 41.0 Å². The van der Waals surface area contributed by atoms with Crippen molar-refractivity contribution in [3.63, 3.8) is 0 Å². The second-order valence-electron chi connectivity index (χ2n) is 7.05. The molecule has 2 N–H and O–H groups in total. The maximum atomic E-state index is 11.9. The van der Waals surface area contributed by atoms with Gasteiger partial charge in [-0.15, -0.1) is 0 Å². The summed E-state index contributed by atoms with van der Waals surface area (Å²) in [5.74, 6) is 0.339. The number of ether oxygens (including phenoxy) is 1. The van der Waals surface area contributed by atoms with Gasteiger partial charge in [-0.1, -0.05) is 34.6 Å². The fourth-order valence-corrected chi connectivity index (χ4v) is 1.66. The lowest BCUT2D eigenvalue weighted by Crippen LogP contribution is -2.27. The van der Waals surface area contributed by atoms with Gasteiger partial charge in [0, 0.05) is 23.4 Å². The Hall–Kier alpha value is -1.88. The quantitative estimate of drug-likeness (QED) is 0.753. The van der Waals surface area contributed by atoms with Crippen molar-refractivity contribution in [3.8, 4) is 0 Å². The molecule has 0 aromatic heterocycles. The molecule has 5 nitrogen and oxygen atoms in total. The number of rotatable bonds is 7. The van der Waals surface area contributed by atoms with Crippen molar-refractivity contribution >= 4 is 23.2 Å². The largest absolute Gasteiger partial charge is 0.381 e. The lowest BCUT2D eigenvalue weighted by atomic mass is 9.95. The fraction of sp³-hybridized carbons (Fsp3) is 0.556. The van der Waals surface area contributed by atoms with Crippen LogP contribution in [0.25, 0.3) is 0 Å². The molecule has 0 spiro atoms. The van der Waals surface area contributed by atoms with Crippen LogP contribution in [0.5, 0.6) is 0 Å². The predicted octanol–water partition coefficient (Wildman–Crippen LogP) is 3.67. The van der Waals surface area contributed by atoms with Gasteiger partial charge in [-0.2, -0.15) is 0 Å². The third kappa shape index (κ3) is 7.79. The molecule has 1 aromatic carbocycles. The standard InChI is InChI=1S/C18H28N2O3/c1-13(2)12-23-11-10-16(21)19-14-6-8-15(9-7-14)20-17(22)18(3,4)5/h6-9,13H,10-12H2,1-5H3,(H,19,21)(H,20,22). The molecule has 0 saturated heterocycles. The van der Waals surface area contributed by atoms with E-state index in [1.165, 1.54) is 0 Å². The third-order valence-corrected chi connectivity index (χ3v) is 3.03. The van der Waals surface area contributed by atoms with Gasteiger partial charge in [0.15, 0.2) is 0 Å². The first kappa shape index (κ1) is 19.2. The Bertz CT molecular complexity index is 516. The Labute approximate surface area is 138 Å². The van der Waals surface area contributed by atoms with E-state index in [0.717, 1.165) is 0 Å². The molecule has 0 fully saturated rings. The Morgan fingerprint density at radius 1 is 1.04 bits per heavy atom. The first-order valence-corrected chi connectivity index (χ1v) is 7.97. The molecule has 0 heterocycles. The van der Waals surface area contributed by atoms with Crippen LogP contribution < -0.4 is 10.6 Å². The summed E-state index contributed by atoms with van der Waals surface area (Å²) in [6.45, 7) is 10.8. The Morgan fingerprint density at radius 2 is 1.57 bits per heavy atom. The molecule has 0 atom stereocenters. The lowest BCUT2D eigenvalue weighted by Gasteiger charge is -2.17. The summed E-state index contributed by atoms with van der Waals surface area (Å²) >= 11 is 0. The first-order chi connectivity index (χ1) is 10.7. The highest BCUT2D eigenvalue weighted by atomic mass is 16.5. The van der Waals surface area contributed by atoms with E-state index in [0.29, 0.717) is 36.9 Å². The topological polar surface area (TPSA) is 67.4 Å². The summed E-state index contributed by atoms with van der Waals surface area (Å²) in [5, 5.41) is 5.65. The van der Waals surface area contributed by atoms with Crippen LogP contribution in [0.4, 0.5) is 11.4 Å². The molecule has 0 aliphatic carbocycles. The maximum absolute atomic E-state index is 11.9. The summed E-state index contributed by atoms with van der Waals surface area (Å²) in [4.78, 5) is 23.7. The zero-order valence-electron chi connectivity index (χ0n) is 14.7. The van der Waals surface area contributed by atoms with Crippen LogP contribution in [-0.4, -0.2) is 25.0 Å². The summed E-state index contributed by atoms with van der Waals surface area (Å²) in [5.41, 5.74) is 0.971. The number of hydrogen-bond donors (Lipinski definition) is 2. The molecular weight excluding hydrogens is 292 g/mol. The summed E-state index contributed by atoms with van der Waals surface area (Å²) in [7, 11) is 0. The van der Waals surface area contributed by atoms with Crippen LogP contribution in [0.3, 0.4) is 0 Å².